The fourth-order valence-electron chi connectivity index (χ4n) is 5.23. The molecule has 3 aliphatic heterocycles. The van der Waals surface area contributed by atoms with Gasteiger partial charge in [0.05, 0.1) is 24.5 Å². The molecule has 3 aromatic rings. The minimum atomic E-state index is -0.495. The Morgan fingerprint density at radius 1 is 1.03 bits per heavy atom. The van der Waals surface area contributed by atoms with Gasteiger partial charge in [0.15, 0.2) is 11.5 Å². The number of benzene rings is 1. The van der Waals surface area contributed by atoms with Crippen molar-refractivity contribution in [2.45, 2.75) is 38.4 Å². The first kappa shape index (κ1) is 21.9. The molecule has 0 spiro atoms. The fourth-order valence-corrected chi connectivity index (χ4v) is 5.23. The SMILES string of the molecule is NC(=O)N1Cc2nc(-c3ccc4c(c3)OCO4)n(-c3ccnc(N[C@@H]4CCN(C(=O)C5CC5)C4)n3)c2C1. The number of likely N-dealkylation sites (tertiary alicyclic amines) is 1. The number of imidazole rings is 1. The lowest BCUT2D eigenvalue weighted by molar-refractivity contribution is -0.131. The van der Waals surface area contributed by atoms with Crippen molar-refractivity contribution in [2.75, 3.05) is 25.2 Å². The van der Waals surface area contributed by atoms with E-state index in [1.165, 1.54) is 0 Å². The molecule has 1 aromatic carbocycles. The summed E-state index contributed by atoms with van der Waals surface area (Å²) >= 11 is 0. The van der Waals surface area contributed by atoms with Crippen LogP contribution in [0.3, 0.4) is 0 Å². The van der Waals surface area contributed by atoms with E-state index in [9.17, 15) is 9.59 Å². The molecule has 5 heterocycles. The zero-order valence-electron chi connectivity index (χ0n) is 20.1. The van der Waals surface area contributed by atoms with E-state index in [0.29, 0.717) is 48.7 Å². The van der Waals surface area contributed by atoms with E-state index in [2.05, 4.69) is 10.3 Å². The lowest BCUT2D eigenvalue weighted by Gasteiger charge is -2.18. The number of hydrogen-bond donors (Lipinski definition) is 2. The van der Waals surface area contributed by atoms with Crippen molar-refractivity contribution in [3.8, 4) is 28.7 Å². The van der Waals surface area contributed by atoms with Gasteiger partial charge in [0.2, 0.25) is 18.6 Å². The summed E-state index contributed by atoms with van der Waals surface area (Å²) in [6.07, 6.45) is 4.56. The Labute approximate surface area is 212 Å². The summed E-state index contributed by atoms with van der Waals surface area (Å²) in [7, 11) is 0. The van der Waals surface area contributed by atoms with E-state index in [1.807, 2.05) is 33.7 Å². The summed E-state index contributed by atoms with van der Waals surface area (Å²) in [5.74, 6) is 3.60. The smallest absolute Gasteiger partial charge is 0.315 e. The van der Waals surface area contributed by atoms with Gasteiger partial charge in [0.25, 0.3) is 0 Å². The third-order valence-corrected chi connectivity index (χ3v) is 7.31. The summed E-state index contributed by atoms with van der Waals surface area (Å²) < 4.78 is 13.0. The Hall–Kier alpha value is -4.35. The lowest BCUT2D eigenvalue weighted by atomic mass is 10.2. The number of ether oxygens (including phenoxy) is 2. The molecular formula is C25H26N8O4. The molecule has 190 valence electrons. The van der Waals surface area contributed by atoms with E-state index in [1.54, 1.807) is 11.1 Å². The second-order valence-corrected chi connectivity index (χ2v) is 9.85. The summed E-state index contributed by atoms with van der Waals surface area (Å²) in [4.78, 5) is 41.9. The predicted octanol–water partition coefficient (Wildman–Crippen LogP) is 1.88. The van der Waals surface area contributed by atoms with Crippen molar-refractivity contribution in [2.24, 2.45) is 11.7 Å². The summed E-state index contributed by atoms with van der Waals surface area (Å²) in [6.45, 7) is 2.25. The van der Waals surface area contributed by atoms with Gasteiger partial charge in [-0.3, -0.25) is 9.36 Å². The number of nitrogens with two attached hydrogens (primary N) is 1. The topological polar surface area (TPSA) is 141 Å². The maximum Gasteiger partial charge on any atom is 0.315 e. The molecule has 2 aromatic heterocycles. The summed E-state index contributed by atoms with van der Waals surface area (Å²) in [5, 5.41) is 3.40. The number of nitrogens with one attached hydrogen (secondary N) is 1. The minimum Gasteiger partial charge on any atom is -0.454 e. The third-order valence-electron chi connectivity index (χ3n) is 7.31. The summed E-state index contributed by atoms with van der Waals surface area (Å²) in [5.41, 5.74) is 8.01. The molecule has 1 saturated heterocycles. The highest BCUT2D eigenvalue weighted by atomic mass is 16.7. The third kappa shape index (κ3) is 3.88. The Morgan fingerprint density at radius 2 is 1.89 bits per heavy atom. The zero-order valence-corrected chi connectivity index (χ0v) is 20.1. The Balaban J connectivity index is 1.21. The van der Waals surface area contributed by atoms with Crippen LogP contribution in [-0.2, 0) is 17.9 Å². The minimum absolute atomic E-state index is 0.0881. The molecule has 1 aliphatic carbocycles. The highest BCUT2D eigenvalue weighted by Crippen LogP contribution is 2.38. The average molecular weight is 503 g/mol. The normalized spacial score (nSPS) is 19.8. The number of primary amides is 1. The van der Waals surface area contributed by atoms with Crippen LogP contribution in [0.25, 0.3) is 17.2 Å². The maximum absolute atomic E-state index is 12.4. The average Bonchev–Trinajstić information content (AvgIpc) is 3.23. The van der Waals surface area contributed by atoms with Gasteiger partial charge in [-0.2, -0.15) is 4.98 Å². The molecule has 4 aliphatic rings. The molecular weight excluding hydrogens is 476 g/mol. The first-order chi connectivity index (χ1) is 18.0. The number of amides is 3. The van der Waals surface area contributed by atoms with Crippen LogP contribution < -0.4 is 20.5 Å². The molecule has 12 nitrogen and oxygen atoms in total. The van der Waals surface area contributed by atoms with Gasteiger partial charge in [-0.05, 0) is 43.5 Å². The van der Waals surface area contributed by atoms with Gasteiger partial charge in [-0.15, -0.1) is 0 Å². The lowest BCUT2D eigenvalue weighted by Crippen LogP contribution is -2.32. The number of rotatable bonds is 5. The predicted molar refractivity (Wildman–Crippen MR) is 131 cm³/mol. The second-order valence-electron chi connectivity index (χ2n) is 9.85. The van der Waals surface area contributed by atoms with Crippen LogP contribution in [-0.4, -0.2) is 67.2 Å². The van der Waals surface area contributed by atoms with Crippen LogP contribution in [0.1, 0.15) is 30.7 Å². The van der Waals surface area contributed by atoms with Crippen molar-refractivity contribution in [1.29, 1.82) is 0 Å². The van der Waals surface area contributed by atoms with Gasteiger partial charge in [0, 0.05) is 36.8 Å². The van der Waals surface area contributed by atoms with Gasteiger partial charge in [-0.1, -0.05) is 0 Å². The molecule has 12 heteroatoms. The van der Waals surface area contributed by atoms with Crippen molar-refractivity contribution < 1.29 is 19.1 Å². The molecule has 1 saturated carbocycles. The van der Waals surface area contributed by atoms with Crippen LogP contribution >= 0.6 is 0 Å². The number of urea groups is 1. The molecule has 0 radical (unpaired) electrons. The number of nitrogens with zero attached hydrogens (tertiary/aromatic N) is 6. The molecule has 1 atom stereocenters. The number of aromatic nitrogens is 4. The molecule has 7 rings (SSSR count). The number of anilines is 1. The quantitative estimate of drug-likeness (QED) is 0.539. The Kier molecular flexibility index (Phi) is 4.94. The largest absolute Gasteiger partial charge is 0.454 e. The van der Waals surface area contributed by atoms with E-state index in [0.717, 1.165) is 42.8 Å². The number of fused-ring (bicyclic) bond motifs is 2. The molecule has 0 unspecified atom stereocenters. The van der Waals surface area contributed by atoms with Crippen LogP contribution in [0.15, 0.2) is 30.5 Å². The van der Waals surface area contributed by atoms with Crippen molar-refractivity contribution in [3.05, 3.63) is 41.9 Å². The highest BCUT2D eigenvalue weighted by molar-refractivity contribution is 5.81. The Morgan fingerprint density at radius 3 is 2.73 bits per heavy atom. The van der Waals surface area contributed by atoms with E-state index >= 15 is 0 Å². The number of carbonyl (C=O) groups is 2. The fraction of sp³-hybridized carbons (Fsp3) is 0.400. The van der Waals surface area contributed by atoms with Crippen molar-refractivity contribution in [1.82, 2.24) is 29.3 Å². The van der Waals surface area contributed by atoms with Gasteiger partial charge in [-0.25, -0.2) is 14.8 Å². The molecule has 3 N–H and O–H groups in total. The Bertz CT molecular complexity index is 1420. The van der Waals surface area contributed by atoms with Crippen LogP contribution in [0.4, 0.5) is 10.7 Å². The number of hydrogen-bond acceptors (Lipinski definition) is 8. The van der Waals surface area contributed by atoms with Gasteiger partial charge in [0.1, 0.15) is 11.6 Å². The molecule has 3 amide bonds. The highest BCUT2D eigenvalue weighted by Gasteiger charge is 2.37. The molecule has 37 heavy (non-hydrogen) atoms. The van der Waals surface area contributed by atoms with Gasteiger partial charge >= 0.3 is 6.03 Å². The van der Waals surface area contributed by atoms with E-state index in [-0.39, 0.29) is 24.7 Å². The van der Waals surface area contributed by atoms with Gasteiger partial charge < -0.3 is 30.3 Å². The van der Waals surface area contributed by atoms with E-state index in [4.69, 9.17) is 25.2 Å². The molecule has 0 bridgehead atoms. The standard InChI is InChI=1S/C25H26N8O4/c26-24(35)32-11-17-18(12-32)33(22(29-17)15-3-4-19-20(9-15)37-13-36-19)21-5-7-27-25(30-21)28-16-6-8-31(10-16)23(34)14-1-2-14/h3-5,7,9,14,16H,1-2,6,8,10-13H2,(H2,26,35)(H,27,28,30)/t16-/m1/s1. The van der Waals surface area contributed by atoms with Crippen molar-refractivity contribution >= 4 is 17.9 Å². The van der Waals surface area contributed by atoms with Crippen LogP contribution in [0.5, 0.6) is 11.5 Å². The van der Waals surface area contributed by atoms with Crippen LogP contribution in [0.2, 0.25) is 0 Å². The maximum atomic E-state index is 12.4. The summed E-state index contributed by atoms with van der Waals surface area (Å²) in [6, 6.07) is 7.09. The number of carbonyl (C=O) groups excluding carboxylic acids is 2. The molecule has 2 fully saturated rings. The first-order valence-electron chi connectivity index (χ1n) is 12.5. The monoisotopic (exact) mass is 502 g/mol. The van der Waals surface area contributed by atoms with E-state index < -0.39 is 6.03 Å². The van der Waals surface area contributed by atoms with Crippen molar-refractivity contribution in [3.63, 3.8) is 0 Å². The zero-order chi connectivity index (χ0) is 25.1. The first-order valence-corrected chi connectivity index (χ1v) is 12.5. The second kappa shape index (κ2) is 8.36. The van der Waals surface area contributed by atoms with Crippen LogP contribution in [0, 0.1) is 5.92 Å².